The number of hydrogen-bond acceptors (Lipinski definition) is 5. The SMILES string of the molecule is CC(C)Cc1nnc(NC2CCc3c(O)cccc32)s1. The fourth-order valence-corrected chi connectivity index (χ4v) is 3.68. The number of aromatic nitrogens is 2. The van der Waals surface area contributed by atoms with E-state index in [-0.39, 0.29) is 6.04 Å². The normalized spacial score (nSPS) is 17.4. The van der Waals surface area contributed by atoms with Crippen molar-refractivity contribution in [3.8, 4) is 5.75 Å². The Morgan fingerprint density at radius 2 is 2.25 bits per heavy atom. The van der Waals surface area contributed by atoms with Crippen molar-refractivity contribution in [1.82, 2.24) is 10.2 Å². The molecule has 0 saturated carbocycles. The van der Waals surface area contributed by atoms with Crippen LogP contribution in [0.4, 0.5) is 5.13 Å². The standard InChI is InChI=1S/C15H19N3OS/c1-9(2)8-14-17-18-15(20-14)16-12-7-6-11-10(12)4-3-5-13(11)19/h3-5,9,12,19H,6-8H2,1-2H3,(H,16,18). The fraction of sp³-hybridized carbons (Fsp3) is 0.467. The number of nitrogens with zero attached hydrogens (tertiary/aromatic N) is 2. The zero-order valence-corrected chi connectivity index (χ0v) is 12.6. The summed E-state index contributed by atoms with van der Waals surface area (Å²) in [6.45, 7) is 4.37. The zero-order chi connectivity index (χ0) is 14.1. The van der Waals surface area contributed by atoms with Gasteiger partial charge in [-0.1, -0.05) is 37.3 Å². The van der Waals surface area contributed by atoms with Gasteiger partial charge in [0.05, 0.1) is 6.04 Å². The van der Waals surface area contributed by atoms with Crippen LogP contribution in [0.3, 0.4) is 0 Å². The molecule has 3 rings (SSSR count). The van der Waals surface area contributed by atoms with Crippen LogP contribution in [-0.2, 0) is 12.8 Å². The number of phenols is 1. The van der Waals surface area contributed by atoms with E-state index in [4.69, 9.17) is 0 Å². The maximum atomic E-state index is 9.87. The first-order valence-electron chi connectivity index (χ1n) is 7.03. The predicted molar refractivity (Wildman–Crippen MR) is 81.2 cm³/mol. The number of anilines is 1. The van der Waals surface area contributed by atoms with E-state index in [0.29, 0.717) is 11.7 Å². The molecule has 2 N–H and O–H groups in total. The van der Waals surface area contributed by atoms with E-state index in [0.717, 1.165) is 35.0 Å². The molecule has 106 valence electrons. The second kappa shape index (κ2) is 5.40. The van der Waals surface area contributed by atoms with Crippen molar-refractivity contribution < 1.29 is 5.11 Å². The van der Waals surface area contributed by atoms with Crippen molar-refractivity contribution >= 4 is 16.5 Å². The van der Waals surface area contributed by atoms with Crippen LogP contribution in [0.25, 0.3) is 0 Å². The van der Waals surface area contributed by atoms with E-state index >= 15 is 0 Å². The molecule has 1 aliphatic rings. The Kier molecular flexibility index (Phi) is 3.61. The molecule has 2 aromatic rings. The van der Waals surface area contributed by atoms with Gasteiger partial charge in [0.25, 0.3) is 0 Å². The average Bonchev–Trinajstić information content (AvgIpc) is 2.98. The molecule has 0 aliphatic heterocycles. The van der Waals surface area contributed by atoms with Crippen molar-refractivity contribution in [3.05, 3.63) is 34.3 Å². The van der Waals surface area contributed by atoms with Crippen LogP contribution in [0, 0.1) is 5.92 Å². The van der Waals surface area contributed by atoms with Gasteiger partial charge in [0.2, 0.25) is 5.13 Å². The Morgan fingerprint density at radius 1 is 1.40 bits per heavy atom. The lowest BCUT2D eigenvalue weighted by molar-refractivity contribution is 0.469. The summed E-state index contributed by atoms with van der Waals surface area (Å²) in [7, 11) is 0. The predicted octanol–water partition coefficient (Wildman–Crippen LogP) is 3.54. The first-order valence-corrected chi connectivity index (χ1v) is 7.85. The van der Waals surface area contributed by atoms with Gasteiger partial charge in [0.1, 0.15) is 10.8 Å². The van der Waals surface area contributed by atoms with Crippen LogP contribution in [0.2, 0.25) is 0 Å². The maximum Gasteiger partial charge on any atom is 0.206 e. The smallest absolute Gasteiger partial charge is 0.206 e. The minimum atomic E-state index is 0.233. The number of aromatic hydroxyl groups is 1. The molecule has 0 saturated heterocycles. The van der Waals surface area contributed by atoms with Gasteiger partial charge in [0, 0.05) is 6.42 Å². The highest BCUT2D eigenvalue weighted by molar-refractivity contribution is 7.15. The van der Waals surface area contributed by atoms with Gasteiger partial charge in [-0.15, -0.1) is 10.2 Å². The zero-order valence-electron chi connectivity index (χ0n) is 11.8. The Labute approximate surface area is 122 Å². The van der Waals surface area contributed by atoms with Crippen LogP contribution >= 0.6 is 11.3 Å². The maximum absolute atomic E-state index is 9.87. The van der Waals surface area contributed by atoms with Gasteiger partial charge in [-0.25, -0.2) is 0 Å². The van der Waals surface area contributed by atoms with E-state index in [9.17, 15) is 5.11 Å². The van der Waals surface area contributed by atoms with E-state index in [1.54, 1.807) is 17.4 Å². The van der Waals surface area contributed by atoms with Gasteiger partial charge in [-0.2, -0.15) is 0 Å². The third kappa shape index (κ3) is 2.63. The second-order valence-electron chi connectivity index (χ2n) is 5.68. The summed E-state index contributed by atoms with van der Waals surface area (Å²) in [6, 6.07) is 5.97. The molecule has 1 aliphatic carbocycles. The molecule has 0 spiro atoms. The summed E-state index contributed by atoms with van der Waals surface area (Å²) in [6.07, 6.45) is 2.88. The number of nitrogens with one attached hydrogen (secondary N) is 1. The molecule has 1 aromatic heterocycles. The largest absolute Gasteiger partial charge is 0.508 e. The highest BCUT2D eigenvalue weighted by atomic mass is 32.1. The van der Waals surface area contributed by atoms with E-state index in [2.05, 4.69) is 35.4 Å². The van der Waals surface area contributed by atoms with Crippen LogP contribution < -0.4 is 5.32 Å². The molecule has 0 radical (unpaired) electrons. The highest BCUT2D eigenvalue weighted by Gasteiger charge is 2.25. The van der Waals surface area contributed by atoms with Crippen molar-refractivity contribution in [1.29, 1.82) is 0 Å². The van der Waals surface area contributed by atoms with Crippen molar-refractivity contribution in [2.24, 2.45) is 5.92 Å². The highest BCUT2D eigenvalue weighted by Crippen LogP contribution is 2.38. The van der Waals surface area contributed by atoms with Gasteiger partial charge in [-0.05, 0) is 36.0 Å². The Morgan fingerprint density at radius 3 is 3.05 bits per heavy atom. The molecule has 4 nitrogen and oxygen atoms in total. The average molecular weight is 289 g/mol. The third-order valence-electron chi connectivity index (χ3n) is 3.59. The third-order valence-corrected chi connectivity index (χ3v) is 4.47. The molecule has 0 amide bonds. The first kappa shape index (κ1) is 13.4. The van der Waals surface area contributed by atoms with Crippen LogP contribution in [0.15, 0.2) is 18.2 Å². The summed E-state index contributed by atoms with van der Waals surface area (Å²) in [4.78, 5) is 0. The second-order valence-corrected chi connectivity index (χ2v) is 6.74. The molecule has 20 heavy (non-hydrogen) atoms. The van der Waals surface area contributed by atoms with Gasteiger partial charge >= 0.3 is 0 Å². The first-order chi connectivity index (χ1) is 9.63. The van der Waals surface area contributed by atoms with Crippen LogP contribution in [0.5, 0.6) is 5.75 Å². The molecule has 1 atom stereocenters. The number of phenolic OH excluding ortho intramolecular Hbond substituents is 1. The number of hydrogen-bond donors (Lipinski definition) is 2. The molecule has 0 fully saturated rings. The number of fused-ring (bicyclic) bond motifs is 1. The molecule has 1 heterocycles. The summed E-state index contributed by atoms with van der Waals surface area (Å²) in [5, 5.41) is 23.7. The van der Waals surface area contributed by atoms with Crippen molar-refractivity contribution in [2.45, 2.75) is 39.2 Å². The Balaban J connectivity index is 1.74. The topological polar surface area (TPSA) is 58.0 Å². The monoisotopic (exact) mass is 289 g/mol. The van der Waals surface area contributed by atoms with Gasteiger partial charge in [-0.3, -0.25) is 0 Å². The summed E-state index contributed by atoms with van der Waals surface area (Å²) < 4.78 is 0. The molecule has 0 bridgehead atoms. The van der Waals surface area contributed by atoms with E-state index in [1.807, 2.05) is 6.07 Å². The Bertz CT molecular complexity index is 609. The fourth-order valence-electron chi connectivity index (χ4n) is 2.68. The summed E-state index contributed by atoms with van der Waals surface area (Å²) >= 11 is 1.63. The lowest BCUT2D eigenvalue weighted by atomic mass is 10.1. The van der Waals surface area contributed by atoms with E-state index < -0.39 is 0 Å². The molecular formula is C15H19N3OS. The van der Waals surface area contributed by atoms with Crippen molar-refractivity contribution in [2.75, 3.05) is 5.32 Å². The van der Waals surface area contributed by atoms with Crippen LogP contribution in [0.1, 0.15) is 42.4 Å². The van der Waals surface area contributed by atoms with Gasteiger partial charge < -0.3 is 10.4 Å². The van der Waals surface area contributed by atoms with Gasteiger partial charge in [0.15, 0.2) is 0 Å². The number of benzene rings is 1. The molecule has 1 unspecified atom stereocenters. The van der Waals surface area contributed by atoms with Crippen molar-refractivity contribution in [3.63, 3.8) is 0 Å². The molecular weight excluding hydrogens is 270 g/mol. The Hall–Kier alpha value is -1.62. The number of rotatable bonds is 4. The summed E-state index contributed by atoms with van der Waals surface area (Å²) in [5.74, 6) is 1.00. The summed E-state index contributed by atoms with van der Waals surface area (Å²) in [5.41, 5.74) is 2.25. The lowest BCUT2D eigenvalue weighted by Crippen LogP contribution is -2.06. The van der Waals surface area contributed by atoms with Crippen LogP contribution in [-0.4, -0.2) is 15.3 Å². The minimum absolute atomic E-state index is 0.233. The molecule has 1 aromatic carbocycles. The molecule has 5 heteroatoms. The van der Waals surface area contributed by atoms with E-state index in [1.165, 1.54) is 5.56 Å². The quantitative estimate of drug-likeness (QED) is 0.904. The minimum Gasteiger partial charge on any atom is -0.508 e. The lowest BCUT2D eigenvalue weighted by Gasteiger charge is -2.12.